The minimum atomic E-state index is 1.05. The van der Waals surface area contributed by atoms with Crippen molar-refractivity contribution in [2.75, 3.05) is 0 Å². The molecule has 1 aliphatic rings. The van der Waals surface area contributed by atoms with Crippen LogP contribution in [0.4, 0.5) is 0 Å². The lowest BCUT2D eigenvalue weighted by atomic mass is 10.1. The molecular weight excluding hydrogens is 230 g/mol. The molecule has 98 valence electrons. The first-order valence-corrected chi connectivity index (χ1v) is 6.97. The van der Waals surface area contributed by atoms with Crippen LogP contribution in [-0.2, 0) is 0 Å². The summed E-state index contributed by atoms with van der Waals surface area (Å²) in [4.78, 5) is 4.89. The van der Waals surface area contributed by atoms with Crippen molar-refractivity contribution in [3.05, 3.63) is 71.5 Å². The van der Waals surface area contributed by atoms with Crippen molar-refractivity contribution in [2.24, 2.45) is 4.99 Å². The topological polar surface area (TPSA) is 12.4 Å². The zero-order valence-electron chi connectivity index (χ0n) is 11.8. The summed E-state index contributed by atoms with van der Waals surface area (Å²) in [5.74, 6) is 0. The maximum Gasteiger partial charge on any atom is 0.0662 e. The third-order valence-corrected chi connectivity index (χ3v) is 3.27. The van der Waals surface area contributed by atoms with E-state index in [9.17, 15) is 0 Å². The van der Waals surface area contributed by atoms with Crippen LogP contribution in [0.1, 0.15) is 38.7 Å². The Hall–Kier alpha value is -1.89. The van der Waals surface area contributed by atoms with E-state index in [1.165, 1.54) is 23.3 Å². The van der Waals surface area contributed by atoms with Crippen LogP contribution in [0.3, 0.4) is 0 Å². The van der Waals surface area contributed by atoms with Gasteiger partial charge in [0.05, 0.1) is 5.70 Å². The molecule has 0 bridgehead atoms. The van der Waals surface area contributed by atoms with Crippen LogP contribution in [0, 0.1) is 0 Å². The highest BCUT2D eigenvalue weighted by Crippen LogP contribution is 2.22. The van der Waals surface area contributed by atoms with Crippen LogP contribution in [0.15, 0.2) is 70.9 Å². The monoisotopic (exact) mass is 251 g/mol. The van der Waals surface area contributed by atoms with E-state index in [0.717, 1.165) is 18.5 Å². The molecule has 19 heavy (non-hydrogen) atoms. The molecule has 0 aliphatic carbocycles. The Morgan fingerprint density at radius 3 is 2.63 bits per heavy atom. The Labute approximate surface area is 116 Å². The van der Waals surface area contributed by atoms with Crippen LogP contribution in [0.25, 0.3) is 0 Å². The molecule has 0 fully saturated rings. The van der Waals surface area contributed by atoms with Crippen LogP contribution in [0.5, 0.6) is 0 Å². The van der Waals surface area contributed by atoms with Gasteiger partial charge < -0.3 is 0 Å². The lowest BCUT2D eigenvalue weighted by Gasteiger charge is -2.06. The van der Waals surface area contributed by atoms with Crippen molar-refractivity contribution >= 4 is 5.71 Å². The average Bonchev–Trinajstić information content (AvgIpc) is 2.71. The minimum Gasteiger partial charge on any atom is -0.253 e. The molecule has 0 spiro atoms. The van der Waals surface area contributed by atoms with Gasteiger partial charge in [0.25, 0.3) is 0 Å². The summed E-state index contributed by atoms with van der Waals surface area (Å²) in [5.41, 5.74) is 4.76. The van der Waals surface area contributed by atoms with Gasteiger partial charge in [-0.15, -0.1) is 0 Å². The fraction of sp³-hybridized carbons (Fsp3) is 0.278. The van der Waals surface area contributed by atoms with Gasteiger partial charge in [-0.05, 0) is 44.2 Å². The molecule has 0 amide bonds. The Morgan fingerprint density at radius 1 is 1.16 bits per heavy atom. The molecule has 0 saturated carbocycles. The van der Waals surface area contributed by atoms with Crippen molar-refractivity contribution in [3.63, 3.8) is 0 Å². The van der Waals surface area contributed by atoms with Crippen molar-refractivity contribution in [1.82, 2.24) is 0 Å². The fourth-order valence-corrected chi connectivity index (χ4v) is 2.29. The summed E-state index contributed by atoms with van der Waals surface area (Å²) >= 11 is 0. The van der Waals surface area contributed by atoms with Crippen LogP contribution in [0.2, 0.25) is 0 Å². The Balaban J connectivity index is 2.36. The molecule has 0 radical (unpaired) electrons. The maximum atomic E-state index is 4.89. The number of allylic oxidation sites excluding steroid dienone is 4. The lowest BCUT2D eigenvalue weighted by Crippen LogP contribution is -2.00. The van der Waals surface area contributed by atoms with E-state index >= 15 is 0 Å². The molecule has 0 saturated heterocycles. The van der Waals surface area contributed by atoms with Gasteiger partial charge in [0, 0.05) is 5.71 Å². The van der Waals surface area contributed by atoms with Crippen LogP contribution in [-0.4, -0.2) is 5.71 Å². The molecule has 0 aromatic heterocycles. The van der Waals surface area contributed by atoms with Gasteiger partial charge in [-0.2, -0.15) is 0 Å². The first-order valence-electron chi connectivity index (χ1n) is 6.97. The molecule has 1 nitrogen and oxygen atoms in total. The highest BCUT2D eigenvalue weighted by molar-refractivity contribution is 6.01. The summed E-state index contributed by atoms with van der Waals surface area (Å²) in [5, 5.41) is 0. The molecular formula is C18H21N. The summed E-state index contributed by atoms with van der Waals surface area (Å²) in [6.45, 7) is 4.11. The number of rotatable bonds is 3. The Kier molecular flexibility index (Phi) is 4.91. The van der Waals surface area contributed by atoms with Crippen LogP contribution < -0.4 is 0 Å². The second-order valence-electron chi connectivity index (χ2n) is 4.65. The molecule has 1 aromatic rings. The van der Waals surface area contributed by atoms with Gasteiger partial charge in [0.2, 0.25) is 0 Å². The Bertz CT molecular complexity index is 530. The van der Waals surface area contributed by atoms with Crippen molar-refractivity contribution in [1.29, 1.82) is 0 Å². The summed E-state index contributed by atoms with van der Waals surface area (Å²) < 4.78 is 0. The van der Waals surface area contributed by atoms with Crippen LogP contribution >= 0.6 is 0 Å². The zero-order chi connectivity index (χ0) is 13.5. The van der Waals surface area contributed by atoms with Crippen molar-refractivity contribution < 1.29 is 0 Å². The average molecular weight is 251 g/mol. The van der Waals surface area contributed by atoms with Gasteiger partial charge in [-0.25, -0.2) is 0 Å². The molecule has 1 heterocycles. The molecule has 0 atom stereocenters. The zero-order valence-corrected chi connectivity index (χ0v) is 11.8. The molecule has 1 aliphatic heterocycles. The molecule has 0 N–H and O–H groups in total. The molecule has 0 unspecified atom stereocenters. The lowest BCUT2D eigenvalue weighted by molar-refractivity contribution is 0.901. The Morgan fingerprint density at radius 2 is 1.95 bits per heavy atom. The van der Waals surface area contributed by atoms with Crippen molar-refractivity contribution in [2.45, 2.75) is 33.1 Å². The SMILES string of the molecule is C/C=C\C(=C/C)C1=CCCCC(c2ccccc2)=N1. The largest absolute Gasteiger partial charge is 0.253 e. The standard InChI is InChI=1S/C18H21N/c1-3-10-15(4-2)17-13-8-9-14-18(19-17)16-11-6-5-7-12-16/h3-7,10-13H,8-9,14H2,1-2H3/b10-3-,15-4+. The van der Waals surface area contributed by atoms with E-state index in [-0.39, 0.29) is 0 Å². The smallest absolute Gasteiger partial charge is 0.0662 e. The third-order valence-electron chi connectivity index (χ3n) is 3.27. The first kappa shape index (κ1) is 13.5. The molecule has 1 aromatic carbocycles. The van der Waals surface area contributed by atoms with Gasteiger partial charge in [0.1, 0.15) is 0 Å². The highest BCUT2D eigenvalue weighted by Gasteiger charge is 2.09. The van der Waals surface area contributed by atoms with Crippen molar-refractivity contribution in [3.8, 4) is 0 Å². The van der Waals surface area contributed by atoms with E-state index < -0.39 is 0 Å². The molecule has 1 heteroatoms. The van der Waals surface area contributed by atoms with Gasteiger partial charge >= 0.3 is 0 Å². The quantitative estimate of drug-likeness (QED) is 0.665. The van der Waals surface area contributed by atoms with E-state index in [2.05, 4.69) is 61.6 Å². The van der Waals surface area contributed by atoms with E-state index in [0.29, 0.717) is 0 Å². The molecule has 2 rings (SSSR count). The highest BCUT2D eigenvalue weighted by atomic mass is 14.8. The van der Waals surface area contributed by atoms with E-state index in [4.69, 9.17) is 4.99 Å². The number of benzene rings is 1. The number of hydrogen-bond acceptors (Lipinski definition) is 1. The summed E-state index contributed by atoms with van der Waals surface area (Å²) in [7, 11) is 0. The maximum absolute atomic E-state index is 4.89. The fourth-order valence-electron chi connectivity index (χ4n) is 2.29. The third kappa shape index (κ3) is 3.54. The summed E-state index contributed by atoms with van der Waals surface area (Å²) in [6.07, 6.45) is 11.9. The van der Waals surface area contributed by atoms with Gasteiger partial charge in [-0.1, -0.05) is 54.6 Å². The first-order chi connectivity index (χ1) is 9.35. The van der Waals surface area contributed by atoms with Gasteiger partial charge in [-0.3, -0.25) is 4.99 Å². The van der Waals surface area contributed by atoms with Gasteiger partial charge in [0.15, 0.2) is 0 Å². The normalized spacial score (nSPS) is 17.1. The second-order valence-corrected chi connectivity index (χ2v) is 4.65. The number of nitrogens with zero attached hydrogens (tertiary/aromatic N) is 1. The predicted octanol–water partition coefficient (Wildman–Crippen LogP) is 5.07. The second kappa shape index (κ2) is 6.89. The predicted molar refractivity (Wildman–Crippen MR) is 83.5 cm³/mol. The number of hydrogen-bond donors (Lipinski definition) is 0. The van der Waals surface area contributed by atoms with E-state index in [1.54, 1.807) is 0 Å². The van der Waals surface area contributed by atoms with E-state index in [1.807, 2.05) is 6.92 Å². The summed E-state index contributed by atoms with van der Waals surface area (Å²) in [6, 6.07) is 10.5. The minimum absolute atomic E-state index is 1.05. The number of aliphatic imine (C=N–C) groups is 1.